The van der Waals surface area contributed by atoms with Gasteiger partial charge in [-0.05, 0) is 31.2 Å². The maximum atomic E-state index is 12.2. The number of pyridine rings is 1. The van der Waals surface area contributed by atoms with E-state index in [4.69, 9.17) is 0 Å². The zero-order valence-electron chi connectivity index (χ0n) is 14.2. The average Bonchev–Trinajstić information content (AvgIpc) is 3.07. The standard InChI is InChI=1S/C18H18N4O3S/c1-14-19-10-11-22(14)17-8-7-15(13-20-17)21-18(23)9-12-26(24,25)16-5-3-2-4-6-16/h2-8,10-11,13H,9,12H2,1H3,(H,21,23). The van der Waals surface area contributed by atoms with E-state index < -0.39 is 9.84 Å². The van der Waals surface area contributed by atoms with Gasteiger partial charge in [0.1, 0.15) is 11.6 Å². The zero-order valence-corrected chi connectivity index (χ0v) is 15.0. The maximum Gasteiger partial charge on any atom is 0.225 e. The van der Waals surface area contributed by atoms with Gasteiger partial charge in [0.05, 0.1) is 22.5 Å². The molecule has 2 aromatic heterocycles. The highest BCUT2D eigenvalue weighted by atomic mass is 32.2. The fourth-order valence-corrected chi connectivity index (χ4v) is 3.68. The third-order valence-corrected chi connectivity index (χ3v) is 5.54. The lowest BCUT2D eigenvalue weighted by Crippen LogP contribution is -2.17. The highest BCUT2D eigenvalue weighted by Crippen LogP contribution is 2.14. The summed E-state index contributed by atoms with van der Waals surface area (Å²) in [6.45, 7) is 1.87. The van der Waals surface area contributed by atoms with Gasteiger partial charge in [-0.2, -0.15) is 0 Å². The van der Waals surface area contributed by atoms with Crippen LogP contribution in [0.15, 0.2) is 66.0 Å². The van der Waals surface area contributed by atoms with Crippen molar-refractivity contribution in [3.05, 3.63) is 66.9 Å². The number of imidazole rings is 1. The molecule has 0 bridgehead atoms. The molecule has 0 aliphatic heterocycles. The predicted molar refractivity (Wildman–Crippen MR) is 97.8 cm³/mol. The molecule has 26 heavy (non-hydrogen) atoms. The van der Waals surface area contributed by atoms with Crippen molar-refractivity contribution in [3.63, 3.8) is 0 Å². The van der Waals surface area contributed by atoms with Gasteiger partial charge >= 0.3 is 0 Å². The number of nitrogens with zero attached hydrogens (tertiary/aromatic N) is 3. The van der Waals surface area contributed by atoms with Gasteiger partial charge in [-0.15, -0.1) is 0 Å². The molecule has 7 nitrogen and oxygen atoms in total. The second kappa shape index (κ2) is 7.49. The number of aryl methyl sites for hydroxylation is 1. The molecule has 2 heterocycles. The van der Waals surface area contributed by atoms with Gasteiger partial charge in [-0.1, -0.05) is 18.2 Å². The molecule has 1 aromatic carbocycles. The van der Waals surface area contributed by atoms with Crippen LogP contribution in [-0.2, 0) is 14.6 Å². The summed E-state index contributed by atoms with van der Waals surface area (Å²) in [6.07, 6.45) is 4.88. The van der Waals surface area contributed by atoms with Crippen LogP contribution in [0.1, 0.15) is 12.2 Å². The number of hydrogen-bond donors (Lipinski definition) is 1. The number of hydrogen-bond acceptors (Lipinski definition) is 5. The number of aromatic nitrogens is 3. The summed E-state index contributed by atoms with van der Waals surface area (Å²) in [7, 11) is -3.48. The Morgan fingerprint density at radius 2 is 1.88 bits per heavy atom. The SMILES string of the molecule is Cc1nccn1-c1ccc(NC(=O)CCS(=O)(=O)c2ccccc2)cn1. The topological polar surface area (TPSA) is 94.0 Å². The van der Waals surface area contributed by atoms with Gasteiger partial charge in [0.25, 0.3) is 0 Å². The van der Waals surface area contributed by atoms with Gasteiger partial charge < -0.3 is 5.32 Å². The van der Waals surface area contributed by atoms with E-state index >= 15 is 0 Å². The van der Waals surface area contributed by atoms with Crippen LogP contribution >= 0.6 is 0 Å². The molecule has 134 valence electrons. The van der Waals surface area contributed by atoms with Gasteiger partial charge in [0, 0.05) is 18.8 Å². The Kier molecular flexibility index (Phi) is 5.13. The molecule has 0 aliphatic carbocycles. The Morgan fingerprint density at radius 1 is 1.12 bits per heavy atom. The van der Waals surface area contributed by atoms with E-state index in [1.54, 1.807) is 42.7 Å². The van der Waals surface area contributed by atoms with E-state index in [1.807, 2.05) is 11.5 Å². The molecule has 0 atom stereocenters. The molecule has 0 saturated heterocycles. The molecule has 0 unspecified atom stereocenters. The highest BCUT2D eigenvalue weighted by molar-refractivity contribution is 7.91. The van der Waals surface area contributed by atoms with Crippen LogP contribution in [0.25, 0.3) is 5.82 Å². The quantitative estimate of drug-likeness (QED) is 0.719. The third-order valence-electron chi connectivity index (χ3n) is 3.80. The Balaban J connectivity index is 1.59. The number of benzene rings is 1. The van der Waals surface area contributed by atoms with E-state index in [1.165, 1.54) is 18.3 Å². The molecule has 0 saturated carbocycles. The van der Waals surface area contributed by atoms with Crippen molar-refractivity contribution in [3.8, 4) is 5.82 Å². The first kappa shape index (κ1) is 17.8. The Hall–Kier alpha value is -3.00. The van der Waals surface area contributed by atoms with Crippen LogP contribution in [0.2, 0.25) is 0 Å². The molecule has 0 fully saturated rings. The van der Waals surface area contributed by atoms with E-state index in [2.05, 4.69) is 15.3 Å². The lowest BCUT2D eigenvalue weighted by atomic mass is 10.3. The molecule has 1 amide bonds. The zero-order chi connectivity index (χ0) is 18.6. The summed E-state index contributed by atoms with van der Waals surface area (Å²) in [5.74, 6) is 0.866. The number of amides is 1. The molecule has 3 rings (SSSR count). The summed E-state index contributed by atoms with van der Waals surface area (Å²) in [5, 5.41) is 2.66. The minimum atomic E-state index is -3.48. The third kappa shape index (κ3) is 4.15. The first-order chi connectivity index (χ1) is 12.5. The van der Waals surface area contributed by atoms with Gasteiger partial charge in [-0.25, -0.2) is 18.4 Å². The molecular formula is C18H18N4O3S. The second-order valence-electron chi connectivity index (χ2n) is 5.68. The van der Waals surface area contributed by atoms with E-state index in [0.29, 0.717) is 11.5 Å². The number of carbonyl (C=O) groups excluding carboxylic acids is 1. The number of sulfone groups is 1. The minimum absolute atomic E-state index is 0.125. The molecule has 8 heteroatoms. The Morgan fingerprint density at radius 3 is 2.50 bits per heavy atom. The smallest absolute Gasteiger partial charge is 0.225 e. The second-order valence-corrected chi connectivity index (χ2v) is 7.79. The number of rotatable bonds is 6. The summed E-state index contributed by atoms with van der Waals surface area (Å²) in [6, 6.07) is 11.6. The maximum absolute atomic E-state index is 12.2. The predicted octanol–water partition coefficient (Wildman–Crippen LogP) is 2.38. The normalized spacial score (nSPS) is 11.3. The number of anilines is 1. The van der Waals surface area contributed by atoms with Crippen LogP contribution < -0.4 is 5.32 Å². The first-order valence-corrected chi connectivity index (χ1v) is 9.65. The summed E-state index contributed by atoms with van der Waals surface area (Å²) in [5.41, 5.74) is 0.508. The van der Waals surface area contributed by atoms with Crippen molar-refractivity contribution < 1.29 is 13.2 Å². The lowest BCUT2D eigenvalue weighted by Gasteiger charge is -2.08. The number of nitrogens with one attached hydrogen (secondary N) is 1. The molecule has 0 radical (unpaired) electrons. The van der Waals surface area contributed by atoms with Crippen LogP contribution in [0.3, 0.4) is 0 Å². The van der Waals surface area contributed by atoms with Crippen molar-refractivity contribution in [2.45, 2.75) is 18.2 Å². The summed E-state index contributed by atoms with van der Waals surface area (Å²) in [4.78, 5) is 20.7. The van der Waals surface area contributed by atoms with Crippen LogP contribution in [0, 0.1) is 6.92 Å². The molecular weight excluding hydrogens is 352 g/mol. The number of carbonyl (C=O) groups is 1. The van der Waals surface area contributed by atoms with Crippen LogP contribution in [0.5, 0.6) is 0 Å². The van der Waals surface area contributed by atoms with E-state index in [0.717, 1.165) is 5.82 Å². The van der Waals surface area contributed by atoms with Crippen molar-refractivity contribution in [1.29, 1.82) is 0 Å². The van der Waals surface area contributed by atoms with Gasteiger partial charge in [0.2, 0.25) is 5.91 Å². The summed E-state index contributed by atoms with van der Waals surface area (Å²) >= 11 is 0. The monoisotopic (exact) mass is 370 g/mol. The first-order valence-electron chi connectivity index (χ1n) is 8.00. The van der Waals surface area contributed by atoms with Crippen LogP contribution in [0.4, 0.5) is 5.69 Å². The fraction of sp³-hybridized carbons (Fsp3) is 0.167. The Bertz CT molecular complexity index is 996. The molecule has 0 spiro atoms. The van der Waals surface area contributed by atoms with Gasteiger partial charge in [0.15, 0.2) is 9.84 Å². The lowest BCUT2D eigenvalue weighted by molar-refractivity contribution is -0.115. The highest BCUT2D eigenvalue weighted by Gasteiger charge is 2.16. The van der Waals surface area contributed by atoms with Gasteiger partial charge in [-0.3, -0.25) is 9.36 Å². The largest absolute Gasteiger partial charge is 0.325 e. The van der Waals surface area contributed by atoms with Crippen molar-refractivity contribution in [2.24, 2.45) is 0 Å². The van der Waals surface area contributed by atoms with Crippen LogP contribution in [-0.4, -0.2) is 34.6 Å². The van der Waals surface area contributed by atoms with Crippen molar-refractivity contribution in [1.82, 2.24) is 14.5 Å². The minimum Gasteiger partial charge on any atom is -0.325 e. The van der Waals surface area contributed by atoms with Crippen molar-refractivity contribution >= 4 is 21.4 Å². The summed E-state index contributed by atoms with van der Waals surface area (Å²) < 4.78 is 26.2. The van der Waals surface area contributed by atoms with E-state index in [-0.39, 0.29) is 23.0 Å². The molecule has 1 N–H and O–H groups in total. The molecule has 3 aromatic rings. The van der Waals surface area contributed by atoms with E-state index in [9.17, 15) is 13.2 Å². The average molecular weight is 370 g/mol. The molecule has 0 aliphatic rings. The fourth-order valence-electron chi connectivity index (χ4n) is 2.42. The Labute approximate surface area is 151 Å². The van der Waals surface area contributed by atoms with Crippen molar-refractivity contribution in [2.75, 3.05) is 11.1 Å².